The topological polar surface area (TPSA) is 82.6 Å². The Morgan fingerprint density at radius 2 is 1.78 bits per heavy atom. The van der Waals surface area contributed by atoms with Crippen molar-refractivity contribution in [3.63, 3.8) is 0 Å². The first-order chi connectivity index (χ1) is 12.8. The van der Waals surface area contributed by atoms with Gasteiger partial charge in [0.2, 0.25) is 0 Å². The van der Waals surface area contributed by atoms with Gasteiger partial charge in [0.05, 0.1) is 6.21 Å². The average molecular weight is 431 g/mol. The van der Waals surface area contributed by atoms with Crippen molar-refractivity contribution >= 4 is 45.3 Å². The van der Waals surface area contributed by atoms with E-state index in [0.717, 1.165) is 32.5 Å². The van der Waals surface area contributed by atoms with Crippen molar-refractivity contribution in [3.8, 4) is 0 Å². The summed E-state index contributed by atoms with van der Waals surface area (Å²) in [6.07, 6.45) is 1.50. The van der Waals surface area contributed by atoms with Crippen LogP contribution in [0.15, 0.2) is 46.0 Å². The van der Waals surface area contributed by atoms with Crippen LogP contribution in [-0.2, 0) is 9.59 Å². The average Bonchev–Trinajstić information content (AvgIpc) is 2.59. The van der Waals surface area contributed by atoms with Crippen molar-refractivity contribution in [2.24, 2.45) is 5.10 Å². The van der Waals surface area contributed by atoms with E-state index in [-0.39, 0.29) is 6.04 Å². The van der Waals surface area contributed by atoms with E-state index in [9.17, 15) is 9.59 Å². The molecule has 2 aromatic rings. The summed E-state index contributed by atoms with van der Waals surface area (Å²) in [5.74, 6) is -1.52. The highest BCUT2D eigenvalue weighted by molar-refractivity contribution is 9.10. The second-order valence-corrected chi connectivity index (χ2v) is 7.42. The number of hydrogen-bond donors (Lipinski definition) is 3. The molecular weight excluding hydrogens is 408 g/mol. The summed E-state index contributed by atoms with van der Waals surface area (Å²) in [6, 6.07) is 11.8. The highest BCUT2D eigenvalue weighted by Gasteiger charge is 2.13. The molecule has 2 aromatic carbocycles. The number of hydrazone groups is 1. The molecule has 0 aliphatic carbocycles. The Morgan fingerprint density at radius 1 is 1.04 bits per heavy atom. The minimum atomic E-state index is -0.806. The van der Waals surface area contributed by atoms with Crippen molar-refractivity contribution in [2.75, 3.05) is 5.32 Å². The summed E-state index contributed by atoms with van der Waals surface area (Å²) in [4.78, 5) is 23.3. The van der Waals surface area contributed by atoms with E-state index in [1.54, 1.807) is 13.8 Å². The molecule has 0 aliphatic heterocycles. The number of rotatable bonds is 5. The Hall–Kier alpha value is -2.67. The van der Waals surface area contributed by atoms with Crippen LogP contribution >= 0.6 is 15.9 Å². The third kappa shape index (κ3) is 6.21. The Morgan fingerprint density at radius 3 is 2.48 bits per heavy atom. The molecule has 0 unspecified atom stereocenters. The number of hydrogen-bond acceptors (Lipinski definition) is 4. The lowest BCUT2D eigenvalue weighted by Crippen LogP contribution is -2.41. The lowest BCUT2D eigenvalue weighted by atomic mass is 10.1. The van der Waals surface area contributed by atoms with Gasteiger partial charge < -0.3 is 10.6 Å². The molecule has 27 heavy (non-hydrogen) atoms. The van der Waals surface area contributed by atoms with E-state index in [2.05, 4.69) is 55.3 Å². The van der Waals surface area contributed by atoms with Gasteiger partial charge in [-0.15, -0.1) is 0 Å². The first-order valence-electron chi connectivity index (χ1n) is 8.54. The molecule has 6 nitrogen and oxygen atoms in total. The highest BCUT2D eigenvalue weighted by atomic mass is 79.9. The monoisotopic (exact) mass is 430 g/mol. The predicted molar refractivity (Wildman–Crippen MR) is 112 cm³/mol. The zero-order valence-electron chi connectivity index (χ0n) is 15.8. The Kier molecular flexibility index (Phi) is 7.12. The van der Waals surface area contributed by atoms with Crippen LogP contribution < -0.4 is 16.1 Å². The lowest BCUT2D eigenvalue weighted by Gasteiger charge is -2.13. The summed E-state index contributed by atoms with van der Waals surface area (Å²) in [5, 5.41) is 9.81. The molecule has 0 aliphatic rings. The maximum atomic E-state index is 11.7. The van der Waals surface area contributed by atoms with Gasteiger partial charge in [-0.1, -0.05) is 28.1 Å². The smallest absolute Gasteiger partial charge is 0.329 e. The number of benzene rings is 2. The number of halogens is 1. The van der Waals surface area contributed by atoms with Crippen LogP contribution in [0.1, 0.15) is 30.5 Å². The minimum Gasteiger partial charge on any atom is -0.355 e. The highest BCUT2D eigenvalue weighted by Crippen LogP contribution is 2.26. The van der Waals surface area contributed by atoms with Crippen LogP contribution in [0.3, 0.4) is 0 Å². The van der Waals surface area contributed by atoms with E-state index in [0.29, 0.717) is 0 Å². The third-order valence-corrected chi connectivity index (χ3v) is 4.17. The van der Waals surface area contributed by atoms with Gasteiger partial charge in [-0.05, 0) is 63.1 Å². The zero-order chi connectivity index (χ0) is 20.0. The molecule has 2 rings (SSSR count). The van der Waals surface area contributed by atoms with Crippen molar-refractivity contribution in [3.05, 3.63) is 57.6 Å². The van der Waals surface area contributed by atoms with Crippen molar-refractivity contribution in [1.29, 1.82) is 0 Å². The standard InChI is InChI=1S/C20H23BrN4O2/c1-12(2)23-19(26)20(27)25-22-11-15-10-16(21)7-8-17(15)24-18-9-13(3)5-6-14(18)4/h5-12,24H,1-4H3,(H,23,26)(H,25,27)/b22-11-. The van der Waals surface area contributed by atoms with E-state index in [1.165, 1.54) is 6.21 Å². The summed E-state index contributed by atoms with van der Waals surface area (Å²) in [5.41, 5.74) is 7.09. The SMILES string of the molecule is Cc1ccc(C)c(Nc2ccc(Br)cc2/C=N\NC(=O)C(=O)NC(C)C)c1. The minimum absolute atomic E-state index is 0.120. The molecule has 7 heteroatoms. The van der Waals surface area contributed by atoms with Crippen LogP contribution in [0.4, 0.5) is 11.4 Å². The Bertz CT molecular complexity index is 878. The maximum Gasteiger partial charge on any atom is 0.329 e. The van der Waals surface area contributed by atoms with E-state index >= 15 is 0 Å². The second kappa shape index (κ2) is 9.32. The summed E-state index contributed by atoms with van der Waals surface area (Å²) in [7, 11) is 0. The summed E-state index contributed by atoms with van der Waals surface area (Å²) >= 11 is 3.44. The van der Waals surface area contributed by atoms with E-state index < -0.39 is 11.8 Å². The van der Waals surface area contributed by atoms with Gasteiger partial charge in [-0.2, -0.15) is 5.10 Å². The van der Waals surface area contributed by atoms with Gasteiger partial charge in [0, 0.05) is 27.5 Å². The number of aryl methyl sites for hydroxylation is 2. The molecule has 0 bridgehead atoms. The van der Waals surface area contributed by atoms with Crippen molar-refractivity contribution < 1.29 is 9.59 Å². The van der Waals surface area contributed by atoms with Crippen molar-refractivity contribution in [2.45, 2.75) is 33.7 Å². The lowest BCUT2D eigenvalue weighted by molar-refractivity contribution is -0.139. The second-order valence-electron chi connectivity index (χ2n) is 6.50. The van der Waals surface area contributed by atoms with Crippen LogP contribution in [0.25, 0.3) is 0 Å². The Labute approximate surface area is 167 Å². The van der Waals surface area contributed by atoms with Crippen LogP contribution in [0.5, 0.6) is 0 Å². The molecule has 0 aromatic heterocycles. The molecule has 0 fully saturated rings. The quantitative estimate of drug-likeness (QED) is 0.383. The number of carbonyl (C=O) groups excluding carboxylic acids is 2. The van der Waals surface area contributed by atoms with Crippen LogP contribution in [-0.4, -0.2) is 24.1 Å². The molecule has 0 saturated heterocycles. The number of anilines is 2. The molecule has 0 atom stereocenters. The van der Waals surface area contributed by atoms with Gasteiger partial charge in [-0.25, -0.2) is 5.43 Å². The maximum absolute atomic E-state index is 11.7. The number of nitrogens with zero attached hydrogens (tertiary/aromatic N) is 1. The number of amides is 2. The van der Waals surface area contributed by atoms with E-state index in [1.807, 2.05) is 32.0 Å². The summed E-state index contributed by atoms with van der Waals surface area (Å²) < 4.78 is 0.874. The summed E-state index contributed by atoms with van der Waals surface area (Å²) in [6.45, 7) is 7.62. The normalized spacial score (nSPS) is 10.9. The predicted octanol–water partition coefficient (Wildman–Crippen LogP) is 3.78. The van der Waals surface area contributed by atoms with Gasteiger partial charge in [0.25, 0.3) is 0 Å². The molecular formula is C20H23BrN4O2. The molecule has 0 heterocycles. The third-order valence-electron chi connectivity index (χ3n) is 3.67. The number of carbonyl (C=O) groups is 2. The molecule has 0 saturated carbocycles. The van der Waals surface area contributed by atoms with Crippen molar-refractivity contribution in [1.82, 2.24) is 10.7 Å². The number of nitrogens with one attached hydrogen (secondary N) is 3. The fourth-order valence-corrected chi connectivity index (χ4v) is 2.69. The Balaban J connectivity index is 2.17. The van der Waals surface area contributed by atoms with Gasteiger partial charge >= 0.3 is 11.8 Å². The molecule has 2 amide bonds. The molecule has 0 radical (unpaired) electrons. The van der Waals surface area contributed by atoms with Gasteiger partial charge in [0.1, 0.15) is 0 Å². The molecule has 3 N–H and O–H groups in total. The molecule has 0 spiro atoms. The fourth-order valence-electron chi connectivity index (χ4n) is 2.31. The van der Waals surface area contributed by atoms with Crippen LogP contribution in [0.2, 0.25) is 0 Å². The fraction of sp³-hybridized carbons (Fsp3) is 0.250. The first-order valence-corrected chi connectivity index (χ1v) is 9.33. The molecule has 142 valence electrons. The van der Waals surface area contributed by atoms with Crippen LogP contribution in [0, 0.1) is 13.8 Å². The van der Waals surface area contributed by atoms with Gasteiger partial charge in [0.15, 0.2) is 0 Å². The van der Waals surface area contributed by atoms with E-state index in [4.69, 9.17) is 0 Å². The first kappa shape index (κ1) is 20.6. The largest absolute Gasteiger partial charge is 0.355 e. The zero-order valence-corrected chi connectivity index (χ0v) is 17.3. The van der Waals surface area contributed by atoms with Gasteiger partial charge in [-0.3, -0.25) is 9.59 Å².